The Labute approximate surface area is 140 Å². The molecule has 5 heteroatoms. The van der Waals surface area contributed by atoms with E-state index >= 15 is 0 Å². The Morgan fingerprint density at radius 3 is 2.59 bits per heavy atom. The molecule has 2 aliphatic rings. The molecule has 2 heterocycles. The largest absolute Gasteiger partial charge is 0.325 e. The molecule has 120 valence electrons. The number of benzene rings is 1. The van der Waals surface area contributed by atoms with Crippen LogP contribution in [-0.2, 0) is 4.79 Å². The Morgan fingerprint density at radius 1 is 1.23 bits per heavy atom. The summed E-state index contributed by atoms with van der Waals surface area (Å²) in [4.78, 5) is 14.4. The zero-order valence-corrected chi connectivity index (χ0v) is 14.4. The van der Waals surface area contributed by atoms with E-state index < -0.39 is 0 Å². The van der Waals surface area contributed by atoms with E-state index in [4.69, 9.17) is 0 Å². The third-order valence-electron chi connectivity index (χ3n) is 4.79. The lowest BCUT2D eigenvalue weighted by Crippen LogP contribution is -2.43. The van der Waals surface area contributed by atoms with Crippen molar-refractivity contribution < 1.29 is 4.79 Å². The van der Waals surface area contributed by atoms with Gasteiger partial charge in [-0.25, -0.2) is 0 Å². The quantitative estimate of drug-likeness (QED) is 0.861. The van der Waals surface area contributed by atoms with Gasteiger partial charge in [-0.1, -0.05) is 15.9 Å². The summed E-state index contributed by atoms with van der Waals surface area (Å²) < 4.78 is 1.02. The fraction of sp³-hybridized carbons (Fsp3) is 0.588. The standard InChI is InChI=1S/C17H24BrN3O/c18-14-3-5-15(6-4-14)20-17(22)12-21-10-7-13(8-11-21)16-2-1-9-19-16/h3-6,13,16,19H,1-2,7-12H2,(H,20,22). The summed E-state index contributed by atoms with van der Waals surface area (Å²) in [5.41, 5.74) is 0.859. The van der Waals surface area contributed by atoms with Crippen molar-refractivity contribution in [3.8, 4) is 0 Å². The number of halogens is 1. The van der Waals surface area contributed by atoms with Crippen LogP contribution in [0.1, 0.15) is 25.7 Å². The van der Waals surface area contributed by atoms with Gasteiger partial charge in [0.25, 0.3) is 0 Å². The number of hydrogen-bond donors (Lipinski definition) is 2. The van der Waals surface area contributed by atoms with Crippen molar-refractivity contribution in [1.29, 1.82) is 0 Å². The van der Waals surface area contributed by atoms with E-state index in [1.54, 1.807) is 0 Å². The maximum absolute atomic E-state index is 12.1. The topological polar surface area (TPSA) is 44.4 Å². The Hall–Kier alpha value is -0.910. The van der Waals surface area contributed by atoms with Crippen LogP contribution in [0.2, 0.25) is 0 Å². The molecule has 0 spiro atoms. The van der Waals surface area contributed by atoms with E-state index in [0.717, 1.165) is 35.2 Å². The summed E-state index contributed by atoms with van der Waals surface area (Å²) in [5, 5.41) is 6.59. The summed E-state index contributed by atoms with van der Waals surface area (Å²) in [6.07, 6.45) is 5.07. The van der Waals surface area contributed by atoms with E-state index in [1.165, 1.54) is 32.2 Å². The van der Waals surface area contributed by atoms with Crippen molar-refractivity contribution in [3.63, 3.8) is 0 Å². The van der Waals surface area contributed by atoms with Crippen LogP contribution in [0.5, 0.6) is 0 Å². The van der Waals surface area contributed by atoms with Gasteiger partial charge in [-0.05, 0) is 75.5 Å². The second-order valence-corrected chi connectivity index (χ2v) is 7.29. The second-order valence-electron chi connectivity index (χ2n) is 6.37. The summed E-state index contributed by atoms with van der Waals surface area (Å²) in [6, 6.07) is 8.43. The molecule has 1 aromatic rings. The molecule has 1 aromatic carbocycles. The molecule has 0 radical (unpaired) electrons. The third kappa shape index (κ3) is 4.31. The maximum atomic E-state index is 12.1. The average Bonchev–Trinajstić information content (AvgIpc) is 3.05. The van der Waals surface area contributed by atoms with Crippen LogP contribution in [0, 0.1) is 5.92 Å². The summed E-state index contributed by atoms with van der Waals surface area (Å²) in [6.45, 7) is 3.76. The molecule has 2 fully saturated rings. The highest BCUT2D eigenvalue weighted by Gasteiger charge is 2.28. The van der Waals surface area contributed by atoms with Crippen LogP contribution in [0.25, 0.3) is 0 Å². The number of carbonyl (C=O) groups is 1. The summed E-state index contributed by atoms with van der Waals surface area (Å²) in [7, 11) is 0. The Bertz CT molecular complexity index is 491. The van der Waals surface area contributed by atoms with Gasteiger partial charge in [-0.3, -0.25) is 9.69 Å². The van der Waals surface area contributed by atoms with Crippen LogP contribution in [0.3, 0.4) is 0 Å². The SMILES string of the molecule is O=C(CN1CCC(C2CCCN2)CC1)Nc1ccc(Br)cc1. The Kier molecular flexibility index (Phi) is 5.50. The third-order valence-corrected chi connectivity index (χ3v) is 5.32. The highest BCUT2D eigenvalue weighted by molar-refractivity contribution is 9.10. The van der Waals surface area contributed by atoms with E-state index in [1.807, 2.05) is 24.3 Å². The first-order chi connectivity index (χ1) is 10.7. The highest BCUT2D eigenvalue weighted by atomic mass is 79.9. The van der Waals surface area contributed by atoms with Crippen molar-refractivity contribution in [2.75, 3.05) is 31.5 Å². The lowest BCUT2D eigenvalue weighted by atomic mass is 9.88. The maximum Gasteiger partial charge on any atom is 0.238 e. The molecule has 2 N–H and O–H groups in total. The second kappa shape index (κ2) is 7.57. The van der Waals surface area contributed by atoms with Gasteiger partial charge < -0.3 is 10.6 Å². The first kappa shape index (κ1) is 16.0. The van der Waals surface area contributed by atoms with Gasteiger partial charge in [0.2, 0.25) is 5.91 Å². The molecule has 0 bridgehead atoms. The first-order valence-corrected chi connectivity index (χ1v) is 9.01. The van der Waals surface area contributed by atoms with Crippen molar-refractivity contribution in [2.45, 2.75) is 31.7 Å². The zero-order chi connectivity index (χ0) is 15.4. The minimum Gasteiger partial charge on any atom is -0.325 e. The van der Waals surface area contributed by atoms with Crippen molar-refractivity contribution >= 4 is 27.5 Å². The van der Waals surface area contributed by atoms with E-state index in [2.05, 4.69) is 31.5 Å². The fourth-order valence-corrected chi connectivity index (χ4v) is 3.83. The number of nitrogens with zero attached hydrogens (tertiary/aromatic N) is 1. The van der Waals surface area contributed by atoms with Crippen LogP contribution >= 0.6 is 15.9 Å². The predicted octanol–water partition coefficient (Wildman–Crippen LogP) is 2.85. The van der Waals surface area contributed by atoms with Crippen LogP contribution in [0.15, 0.2) is 28.7 Å². The smallest absolute Gasteiger partial charge is 0.238 e. The molecule has 4 nitrogen and oxygen atoms in total. The van der Waals surface area contributed by atoms with Gasteiger partial charge in [0.1, 0.15) is 0 Å². The van der Waals surface area contributed by atoms with Crippen molar-refractivity contribution in [3.05, 3.63) is 28.7 Å². The molecule has 0 aliphatic carbocycles. The number of rotatable bonds is 4. The lowest BCUT2D eigenvalue weighted by Gasteiger charge is -2.34. The minimum absolute atomic E-state index is 0.0831. The highest BCUT2D eigenvalue weighted by Crippen LogP contribution is 2.25. The molecule has 22 heavy (non-hydrogen) atoms. The van der Waals surface area contributed by atoms with Gasteiger partial charge in [-0.15, -0.1) is 0 Å². The molecule has 2 saturated heterocycles. The van der Waals surface area contributed by atoms with Crippen LogP contribution in [-0.4, -0.2) is 43.0 Å². The normalized spacial score (nSPS) is 23.6. The van der Waals surface area contributed by atoms with Gasteiger partial charge in [0.15, 0.2) is 0 Å². The molecule has 0 saturated carbocycles. The van der Waals surface area contributed by atoms with Gasteiger partial charge in [-0.2, -0.15) is 0 Å². The number of hydrogen-bond acceptors (Lipinski definition) is 3. The number of amides is 1. The molecule has 1 unspecified atom stereocenters. The molecular weight excluding hydrogens is 342 g/mol. The van der Waals surface area contributed by atoms with Crippen LogP contribution in [0.4, 0.5) is 5.69 Å². The fourth-order valence-electron chi connectivity index (χ4n) is 3.56. The summed E-state index contributed by atoms with van der Waals surface area (Å²) in [5.74, 6) is 0.882. The first-order valence-electron chi connectivity index (χ1n) is 8.22. The van der Waals surface area contributed by atoms with Gasteiger partial charge >= 0.3 is 0 Å². The Balaban J connectivity index is 1.42. The van der Waals surface area contributed by atoms with Gasteiger partial charge in [0.05, 0.1) is 6.54 Å². The molecule has 1 atom stereocenters. The number of likely N-dealkylation sites (tertiary alicyclic amines) is 1. The zero-order valence-electron chi connectivity index (χ0n) is 12.9. The predicted molar refractivity (Wildman–Crippen MR) is 93.0 cm³/mol. The summed E-state index contributed by atoms with van der Waals surface area (Å²) >= 11 is 3.40. The van der Waals surface area contributed by atoms with Gasteiger partial charge in [0, 0.05) is 16.2 Å². The minimum atomic E-state index is 0.0831. The number of nitrogens with one attached hydrogen (secondary N) is 2. The number of anilines is 1. The molecule has 0 aromatic heterocycles. The van der Waals surface area contributed by atoms with Crippen molar-refractivity contribution in [2.24, 2.45) is 5.92 Å². The lowest BCUT2D eigenvalue weighted by molar-refractivity contribution is -0.117. The molecular formula is C17H24BrN3O. The van der Waals surface area contributed by atoms with E-state index in [9.17, 15) is 4.79 Å². The molecule has 1 amide bonds. The Morgan fingerprint density at radius 2 is 1.95 bits per heavy atom. The van der Waals surface area contributed by atoms with E-state index in [-0.39, 0.29) is 5.91 Å². The van der Waals surface area contributed by atoms with Crippen LogP contribution < -0.4 is 10.6 Å². The average molecular weight is 366 g/mol. The van der Waals surface area contributed by atoms with Crippen molar-refractivity contribution in [1.82, 2.24) is 10.2 Å². The number of carbonyl (C=O) groups excluding carboxylic acids is 1. The molecule has 2 aliphatic heterocycles. The number of piperidine rings is 1. The monoisotopic (exact) mass is 365 g/mol. The van der Waals surface area contributed by atoms with E-state index in [0.29, 0.717) is 6.54 Å². The molecule has 3 rings (SSSR count).